The Kier molecular flexibility index (Phi) is 7.15. The maximum absolute atomic E-state index is 12.0. The molecule has 0 aliphatic carbocycles. The van der Waals surface area contributed by atoms with Gasteiger partial charge >= 0.3 is 0 Å². The van der Waals surface area contributed by atoms with Crippen molar-refractivity contribution >= 4 is 29.7 Å². The van der Waals surface area contributed by atoms with Crippen molar-refractivity contribution in [2.45, 2.75) is 38.3 Å². The Bertz CT molecular complexity index is 440. The summed E-state index contributed by atoms with van der Waals surface area (Å²) in [5, 5.41) is 8.54. The second-order valence-electron chi connectivity index (χ2n) is 6.19. The Morgan fingerprint density at radius 1 is 1.36 bits per heavy atom. The minimum atomic E-state index is 0. The van der Waals surface area contributed by atoms with E-state index in [9.17, 15) is 4.79 Å². The van der Waals surface area contributed by atoms with Crippen LogP contribution in [0.1, 0.15) is 30.6 Å². The Labute approximate surface area is 143 Å². The first-order valence-corrected chi connectivity index (χ1v) is 8.95. The van der Waals surface area contributed by atoms with Gasteiger partial charge in [-0.05, 0) is 62.7 Å². The van der Waals surface area contributed by atoms with Crippen molar-refractivity contribution < 1.29 is 4.79 Å². The number of piperidine rings is 1. The molecule has 3 heterocycles. The fourth-order valence-electron chi connectivity index (χ4n) is 3.25. The van der Waals surface area contributed by atoms with E-state index in [-0.39, 0.29) is 24.4 Å². The lowest BCUT2D eigenvalue weighted by Gasteiger charge is -2.31. The SMILES string of the molecule is Cl.O=C(NCC1CCN(Cc2cccs2)CC1)[C@@H]1CCCN1. The predicted molar refractivity (Wildman–Crippen MR) is 93.6 cm³/mol. The van der Waals surface area contributed by atoms with Crippen LogP contribution in [0, 0.1) is 5.92 Å². The van der Waals surface area contributed by atoms with Crippen molar-refractivity contribution in [2.24, 2.45) is 5.92 Å². The number of rotatable bonds is 5. The van der Waals surface area contributed by atoms with Gasteiger partial charge in [-0.2, -0.15) is 0 Å². The van der Waals surface area contributed by atoms with Gasteiger partial charge in [-0.15, -0.1) is 23.7 Å². The molecule has 0 unspecified atom stereocenters. The third kappa shape index (κ3) is 4.95. The number of nitrogens with zero attached hydrogens (tertiary/aromatic N) is 1. The van der Waals surface area contributed by atoms with Crippen LogP contribution in [-0.4, -0.2) is 43.0 Å². The highest BCUT2D eigenvalue weighted by Crippen LogP contribution is 2.20. The molecule has 124 valence electrons. The molecule has 1 aromatic heterocycles. The van der Waals surface area contributed by atoms with Crippen molar-refractivity contribution in [2.75, 3.05) is 26.2 Å². The summed E-state index contributed by atoms with van der Waals surface area (Å²) < 4.78 is 0. The number of hydrogen-bond acceptors (Lipinski definition) is 4. The molecular formula is C16H26ClN3OS. The van der Waals surface area contributed by atoms with Gasteiger partial charge in [0, 0.05) is 18.0 Å². The van der Waals surface area contributed by atoms with Gasteiger partial charge in [0.1, 0.15) is 0 Å². The molecule has 0 radical (unpaired) electrons. The van der Waals surface area contributed by atoms with Crippen molar-refractivity contribution in [3.63, 3.8) is 0 Å². The zero-order valence-electron chi connectivity index (χ0n) is 12.9. The van der Waals surface area contributed by atoms with E-state index in [1.165, 1.54) is 17.7 Å². The van der Waals surface area contributed by atoms with Crippen LogP contribution in [-0.2, 0) is 11.3 Å². The summed E-state index contributed by atoms with van der Waals surface area (Å²) in [7, 11) is 0. The van der Waals surface area contributed by atoms with Gasteiger partial charge in [-0.1, -0.05) is 6.07 Å². The van der Waals surface area contributed by atoms with E-state index in [1.807, 2.05) is 11.3 Å². The molecule has 1 atom stereocenters. The Morgan fingerprint density at radius 2 is 2.18 bits per heavy atom. The molecule has 4 nitrogen and oxygen atoms in total. The first-order chi connectivity index (χ1) is 10.3. The third-order valence-electron chi connectivity index (χ3n) is 4.61. The number of nitrogens with one attached hydrogen (secondary N) is 2. The number of carbonyl (C=O) groups is 1. The molecule has 0 bridgehead atoms. The average molecular weight is 344 g/mol. The summed E-state index contributed by atoms with van der Waals surface area (Å²) in [4.78, 5) is 16.0. The minimum Gasteiger partial charge on any atom is -0.354 e. The molecule has 0 saturated carbocycles. The normalized spacial score (nSPS) is 23.2. The molecule has 2 aliphatic heterocycles. The Balaban J connectivity index is 0.00000176. The second kappa shape index (κ2) is 8.87. The molecule has 2 N–H and O–H groups in total. The van der Waals surface area contributed by atoms with Gasteiger partial charge in [0.15, 0.2) is 0 Å². The molecule has 1 aromatic rings. The van der Waals surface area contributed by atoms with E-state index in [1.54, 1.807) is 0 Å². The smallest absolute Gasteiger partial charge is 0.237 e. The molecule has 2 aliphatic rings. The van der Waals surface area contributed by atoms with E-state index in [0.717, 1.165) is 45.6 Å². The van der Waals surface area contributed by atoms with Crippen LogP contribution in [0.25, 0.3) is 0 Å². The van der Waals surface area contributed by atoms with Gasteiger partial charge in [0.2, 0.25) is 5.91 Å². The number of likely N-dealkylation sites (tertiary alicyclic amines) is 1. The molecule has 22 heavy (non-hydrogen) atoms. The summed E-state index contributed by atoms with van der Waals surface area (Å²) in [6.45, 7) is 5.23. The first-order valence-electron chi connectivity index (χ1n) is 8.07. The van der Waals surface area contributed by atoms with E-state index in [0.29, 0.717) is 5.92 Å². The molecule has 0 aromatic carbocycles. The monoisotopic (exact) mass is 343 g/mol. The van der Waals surface area contributed by atoms with Gasteiger partial charge < -0.3 is 10.6 Å². The van der Waals surface area contributed by atoms with E-state index >= 15 is 0 Å². The highest BCUT2D eigenvalue weighted by molar-refractivity contribution is 7.09. The van der Waals surface area contributed by atoms with Crippen molar-refractivity contribution in [1.29, 1.82) is 0 Å². The average Bonchev–Trinajstić information content (AvgIpc) is 3.19. The van der Waals surface area contributed by atoms with Gasteiger partial charge in [0.25, 0.3) is 0 Å². The van der Waals surface area contributed by atoms with Crippen LogP contribution in [0.4, 0.5) is 0 Å². The Morgan fingerprint density at radius 3 is 2.82 bits per heavy atom. The van der Waals surface area contributed by atoms with Crippen LogP contribution in [0.3, 0.4) is 0 Å². The lowest BCUT2D eigenvalue weighted by Crippen LogP contribution is -2.44. The number of thiophene rings is 1. The van der Waals surface area contributed by atoms with Crippen LogP contribution < -0.4 is 10.6 Å². The summed E-state index contributed by atoms with van der Waals surface area (Å²) in [6.07, 6.45) is 4.51. The van der Waals surface area contributed by atoms with Gasteiger partial charge in [-0.25, -0.2) is 0 Å². The zero-order valence-corrected chi connectivity index (χ0v) is 14.6. The van der Waals surface area contributed by atoms with Gasteiger partial charge in [-0.3, -0.25) is 9.69 Å². The van der Waals surface area contributed by atoms with Crippen LogP contribution in [0.2, 0.25) is 0 Å². The van der Waals surface area contributed by atoms with E-state index in [2.05, 4.69) is 33.0 Å². The van der Waals surface area contributed by atoms with Crippen LogP contribution in [0.5, 0.6) is 0 Å². The van der Waals surface area contributed by atoms with Gasteiger partial charge in [0.05, 0.1) is 6.04 Å². The molecule has 1 amide bonds. The van der Waals surface area contributed by atoms with E-state index in [4.69, 9.17) is 0 Å². The maximum Gasteiger partial charge on any atom is 0.237 e. The Hall–Kier alpha value is -0.620. The summed E-state index contributed by atoms with van der Waals surface area (Å²) in [5.41, 5.74) is 0. The summed E-state index contributed by atoms with van der Waals surface area (Å²) >= 11 is 1.84. The first kappa shape index (κ1) is 17.7. The number of halogens is 1. The number of carbonyl (C=O) groups excluding carboxylic acids is 1. The fraction of sp³-hybridized carbons (Fsp3) is 0.688. The standard InChI is InChI=1S/C16H25N3OS.ClH/c20-16(15-4-1-7-17-15)18-11-13-5-8-19(9-6-13)12-14-3-2-10-21-14;/h2-3,10,13,15,17H,1,4-9,11-12H2,(H,18,20);1H/t15-;/m0./s1. The lowest BCUT2D eigenvalue weighted by molar-refractivity contribution is -0.123. The predicted octanol–water partition coefficient (Wildman–Crippen LogP) is 2.25. The van der Waals surface area contributed by atoms with Crippen molar-refractivity contribution in [1.82, 2.24) is 15.5 Å². The minimum absolute atomic E-state index is 0. The van der Waals surface area contributed by atoms with Crippen LogP contribution >= 0.6 is 23.7 Å². The van der Waals surface area contributed by atoms with Crippen molar-refractivity contribution in [3.8, 4) is 0 Å². The molecule has 6 heteroatoms. The lowest BCUT2D eigenvalue weighted by atomic mass is 9.96. The van der Waals surface area contributed by atoms with Crippen molar-refractivity contribution in [3.05, 3.63) is 22.4 Å². The maximum atomic E-state index is 12.0. The fourth-order valence-corrected chi connectivity index (χ4v) is 3.99. The molecule has 0 spiro atoms. The number of amides is 1. The third-order valence-corrected chi connectivity index (χ3v) is 5.47. The summed E-state index contributed by atoms with van der Waals surface area (Å²) in [5.74, 6) is 0.850. The highest BCUT2D eigenvalue weighted by Gasteiger charge is 2.24. The summed E-state index contributed by atoms with van der Waals surface area (Å²) in [6, 6.07) is 4.40. The zero-order chi connectivity index (χ0) is 14.5. The van der Waals surface area contributed by atoms with E-state index < -0.39 is 0 Å². The second-order valence-corrected chi connectivity index (χ2v) is 7.23. The van der Waals surface area contributed by atoms with Crippen LogP contribution in [0.15, 0.2) is 17.5 Å². The highest BCUT2D eigenvalue weighted by atomic mass is 35.5. The quantitative estimate of drug-likeness (QED) is 0.862. The molecule has 2 saturated heterocycles. The number of hydrogen-bond donors (Lipinski definition) is 2. The largest absolute Gasteiger partial charge is 0.354 e. The molecule has 2 fully saturated rings. The molecular weight excluding hydrogens is 318 g/mol. The topological polar surface area (TPSA) is 44.4 Å². The molecule has 3 rings (SSSR count).